The van der Waals surface area contributed by atoms with Crippen molar-refractivity contribution in [3.63, 3.8) is 0 Å². The second-order valence-electron chi connectivity index (χ2n) is 8.52. The van der Waals surface area contributed by atoms with E-state index in [2.05, 4.69) is 15.6 Å². The van der Waals surface area contributed by atoms with Gasteiger partial charge in [0.1, 0.15) is 18.1 Å². The number of anilines is 1. The highest BCUT2D eigenvalue weighted by atomic mass is 16.5. The van der Waals surface area contributed by atoms with Gasteiger partial charge in [-0.2, -0.15) is 0 Å². The van der Waals surface area contributed by atoms with E-state index in [4.69, 9.17) is 4.74 Å². The molecule has 0 aliphatic carbocycles. The predicted molar refractivity (Wildman–Crippen MR) is 140 cm³/mol. The molecule has 4 rings (SSSR count). The Bertz CT molecular complexity index is 1350. The highest BCUT2D eigenvalue weighted by molar-refractivity contribution is 6.02. The van der Waals surface area contributed by atoms with E-state index in [1.807, 2.05) is 86.6 Å². The van der Waals surface area contributed by atoms with Gasteiger partial charge < -0.3 is 10.1 Å². The largest absolute Gasteiger partial charge is 0.383 e. The van der Waals surface area contributed by atoms with E-state index in [1.165, 1.54) is 0 Å². The van der Waals surface area contributed by atoms with Crippen LogP contribution in [0.3, 0.4) is 0 Å². The summed E-state index contributed by atoms with van der Waals surface area (Å²) in [6.07, 6.45) is 0.706. The molecular formula is C28H31N5O3. The first kappa shape index (κ1) is 25.1. The minimum Gasteiger partial charge on any atom is -0.383 e. The van der Waals surface area contributed by atoms with Gasteiger partial charge in [0, 0.05) is 19.3 Å². The number of ether oxygens (including phenoxy) is 1. The van der Waals surface area contributed by atoms with E-state index in [9.17, 15) is 9.59 Å². The Kier molecular flexibility index (Phi) is 8.07. The van der Waals surface area contributed by atoms with Gasteiger partial charge in [-0.1, -0.05) is 66.7 Å². The van der Waals surface area contributed by atoms with Crippen molar-refractivity contribution in [2.45, 2.75) is 32.9 Å². The molecule has 3 aromatic carbocycles. The number of rotatable bonds is 10. The van der Waals surface area contributed by atoms with E-state index in [-0.39, 0.29) is 18.4 Å². The van der Waals surface area contributed by atoms with Gasteiger partial charge in [0.2, 0.25) is 11.8 Å². The van der Waals surface area contributed by atoms with E-state index < -0.39 is 6.04 Å². The first-order chi connectivity index (χ1) is 17.5. The Balaban J connectivity index is 1.83. The maximum Gasteiger partial charge on any atom is 0.249 e. The molecule has 8 nitrogen and oxygen atoms in total. The molecule has 0 aliphatic rings. The summed E-state index contributed by atoms with van der Waals surface area (Å²) in [6, 6.07) is 22.0. The lowest BCUT2D eigenvalue weighted by Gasteiger charge is -2.33. The van der Waals surface area contributed by atoms with Crippen LogP contribution < -0.4 is 10.2 Å². The van der Waals surface area contributed by atoms with Gasteiger partial charge in [-0.3, -0.25) is 14.5 Å². The van der Waals surface area contributed by atoms with Crippen LogP contribution in [0.15, 0.2) is 72.8 Å². The number of amides is 2. The van der Waals surface area contributed by atoms with Crippen LogP contribution in [0.5, 0.6) is 0 Å². The number of carbonyl (C=O) groups is 2. The van der Waals surface area contributed by atoms with Crippen molar-refractivity contribution >= 4 is 28.5 Å². The van der Waals surface area contributed by atoms with Gasteiger partial charge in [0.25, 0.3) is 0 Å². The number of hydrogen-bond donors (Lipinski definition) is 1. The number of nitrogens with zero attached hydrogens (tertiary/aromatic N) is 4. The fourth-order valence-corrected chi connectivity index (χ4v) is 4.36. The fraction of sp³-hybridized carbons (Fsp3) is 0.286. The van der Waals surface area contributed by atoms with Crippen LogP contribution in [0.25, 0.3) is 11.0 Å². The zero-order valence-corrected chi connectivity index (χ0v) is 20.8. The van der Waals surface area contributed by atoms with Crippen LogP contribution in [0.1, 0.15) is 29.7 Å². The summed E-state index contributed by atoms with van der Waals surface area (Å²) in [4.78, 5) is 29.4. The van der Waals surface area contributed by atoms with Gasteiger partial charge in [-0.25, -0.2) is 4.68 Å². The minimum atomic E-state index is -0.877. The van der Waals surface area contributed by atoms with Crippen LogP contribution in [-0.2, 0) is 27.3 Å². The van der Waals surface area contributed by atoms with Crippen LogP contribution in [-0.4, -0.2) is 47.1 Å². The summed E-state index contributed by atoms with van der Waals surface area (Å²) in [5.74, 6) is -0.536. The molecule has 0 bridgehead atoms. The Morgan fingerprint density at radius 1 is 1.03 bits per heavy atom. The molecule has 186 valence electrons. The number of hydrogen-bond acceptors (Lipinski definition) is 5. The first-order valence-electron chi connectivity index (χ1n) is 12.1. The summed E-state index contributed by atoms with van der Waals surface area (Å²) in [5.41, 5.74) is 4.81. The molecule has 0 fully saturated rings. The zero-order valence-electron chi connectivity index (χ0n) is 20.8. The third-order valence-electron chi connectivity index (χ3n) is 6.20. The minimum absolute atomic E-state index is 0.0632. The molecule has 1 atom stereocenters. The summed E-state index contributed by atoms with van der Waals surface area (Å²) < 4.78 is 6.71. The highest BCUT2D eigenvalue weighted by Gasteiger charge is 2.34. The SMILES string of the molecule is CCc1ccccc1N(C(=O)Cn1nnc2ccccc21)[C@H](C(=O)NCCOC)c1ccccc1C. The number of fused-ring (bicyclic) bond motifs is 1. The number of aromatic nitrogens is 3. The summed E-state index contributed by atoms with van der Waals surface area (Å²) in [5, 5.41) is 11.3. The van der Waals surface area contributed by atoms with Gasteiger partial charge in [0.15, 0.2) is 0 Å². The van der Waals surface area contributed by atoms with E-state index >= 15 is 0 Å². The van der Waals surface area contributed by atoms with E-state index in [1.54, 1.807) is 16.7 Å². The second-order valence-corrected chi connectivity index (χ2v) is 8.52. The molecule has 0 spiro atoms. The van der Waals surface area contributed by atoms with Crippen molar-refractivity contribution in [2.24, 2.45) is 0 Å². The van der Waals surface area contributed by atoms with Gasteiger partial charge in [-0.05, 0) is 48.2 Å². The normalized spacial score (nSPS) is 11.9. The van der Waals surface area contributed by atoms with Crippen molar-refractivity contribution in [1.29, 1.82) is 0 Å². The Morgan fingerprint density at radius 2 is 1.75 bits per heavy atom. The summed E-state index contributed by atoms with van der Waals surface area (Å²) >= 11 is 0. The molecular weight excluding hydrogens is 454 g/mol. The molecule has 1 aromatic heterocycles. The maximum absolute atomic E-state index is 14.1. The lowest BCUT2D eigenvalue weighted by Crippen LogP contribution is -2.46. The number of methoxy groups -OCH3 is 1. The molecule has 4 aromatic rings. The first-order valence-corrected chi connectivity index (χ1v) is 12.1. The Labute approximate surface area is 210 Å². The topological polar surface area (TPSA) is 89.4 Å². The molecule has 1 heterocycles. The van der Waals surface area contributed by atoms with Crippen molar-refractivity contribution in [2.75, 3.05) is 25.2 Å². The molecule has 0 radical (unpaired) electrons. The second kappa shape index (κ2) is 11.6. The zero-order chi connectivity index (χ0) is 25.5. The van der Waals surface area contributed by atoms with Crippen LogP contribution in [0, 0.1) is 6.92 Å². The van der Waals surface area contributed by atoms with Gasteiger partial charge >= 0.3 is 0 Å². The molecule has 0 saturated heterocycles. The lowest BCUT2D eigenvalue weighted by molar-refractivity contribution is -0.127. The number of para-hydroxylation sites is 2. The lowest BCUT2D eigenvalue weighted by atomic mass is 9.97. The van der Waals surface area contributed by atoms with Gasteiger partial charge in [0.05, 0.1) is 12.1 Å². The van der Waals surface area contributed by atoms with E-state index in [0.29, 0.717) is 30.8 Å². The Hall–Kier alpha value is -4.04. The Morgan fingerprint density at radius 3 is 2.53 bits per heavy atom. The molecule has 0 aliphatic heterocycles. The number of carbonyl (C=O) groups excluding carboxylic acids is 2. The van der Waals surface area contributed by atoms with Crippen molar-refractivity contribution < 1.29 is 14.3 Å². The fourth-order valence-electron chi connectivity index (χ4n) is 4.36. The molecule has 8 heteroatoms. The molecule has 2 amide bonds. The number of aryl methyl sites for hydroxylation is 2. The summed E-state index contributed by atoms with van der Waals surface area (Å²) in [7, 11) is 1.58. The van der Waals surface area contributed by atoms with E-state index in [0.717, 1.165) is 22.2 Å². The van der Waals surface area contributed by atoms with Crippen LogP contribution >= 0.6 is 0 Å². The third-order valence-corrected chi connectivity index (χ3v) is 6.20. The standard InChI is InChI=1S/C28H31N5O3/c1-4-21-12-6-9-15-24(21)33(26(34)19-32-25-16-10-8-14-23(25)30-31-32)27(28(35)29-17-18-36-3)22-13-7-5-11-20(22)2/h5-16,27H,4,17-19H2,1-3H3,(H,29,35)/t27-/m0/s1. The molecule has 0 saturated carbocycles. The molecule has 36 heavy (non-hydrogen) atoms. The van der Waals surface area contributed by atoms with Crippen molar-refractivity contribution in [3.05, 3.63) is 89.5 Å². The summed E-state index contributed by atoms with van der Waals surface area (Å²) in [6.45, 7) is 4.63. The number of benzene rings is 3. The molecule has 0 unspecified atom stereocenters. The van der Waals surface area contributed by atoms with Gasteiger partial charge in [-0.15, -0.1) is 5.10 Å². The average Bonchev–Trinajstić information content (AvgIpc) is 3.30. The quantitative estimate of drug-likeness (QED) is 0.345. The number of nitrogens with one attached hydrogen (secondary N) is 1. The smallest absolute Gasteiger partial charge is 0.249 e. The van der Waals surface area contributed by atoms with Crippen LogP contribution in [0.4, 0.5) is 5.69 Å². The highest BCUT2D eigenvalue weighted by Crippen LogP contribution is 2.33. The predicted octanol–water partition coefficient (Wildman–Crippen LogP) is 3.84. The third kappa shape index (κ3) is 5.28. The maximum atomic E-state index is 14.1. The van der Waals surface area contributed by atoms with Crippen molar-refractivity contribution in [1.82, 2.24) is 20.3 Å². The van der Waals surface area contributed by atoms with Crippen molar-refractivity contribution in [3.8, 4) is 0 Å². The monoisotopic (exact) mass is 485 g/mol. The average molecular weight is 486 g/mol. The molecule has 1 N–H and O–H groups in total. The van der Waals surface area contributed by atoms with Crippen LogP contribution in [0.2, 0.25) is 0 Å².